The summed E-state index contributed by atoms with van der Waals surface area (Å²) in [4.78, 5) is 16.7. The van der Waals surface area contributed by atoms with Crippen molar-refractivity contribution in [2.45, 2.75) is 38.8 Å². The normalized spacial score (nSPS) is 15.8. The summed E-state index contributed by atoms with van der Waals surface area (Å²) < 4.78 is 7.51. The average Bonchev–Trinajstić information content (AvgIpc) is 2.94. The highest BCUT2D eigenvalue weighted by molar-refractivity contribution is 5.85. The monoisotopic (exact) mass is 402 g/mol. The Kier molecular flexibility index (Phi) is 9.36. The fourth-order valence-corrected chi connectivity index (χ4v) is 3.33. The number of hydrogen-bond donors (Lipinski definition) is 2. The highest BCUT2D eigenvalue weighted by Gasteiger charge is 2.26. The molecule has 0 bridgehead atoms. The first kappa shape index (κ1) is 22.7. The number of ether oxygens (including phenoxy) is 1. The highest BCUT2D eigenvalue weighted by Crippen LogP contribution is 2.18. The Morgan fingerprint density at radius 2 is 2.04 bits per heavy atom. The zero-order chi connectivity index (χ0) is 16.9. The first-order chi connectivity index (χ1) is 11.7. The van der Waals surface area contributed by atoms with Crippen LogP contribution in [0.3, 0.4) is 0 Å². The number of halogens is 2. The Morgan fingerprint density at radius 1 is 1.35 bits per heavy atom. The van der Waals surface area contributed by atoms with Crippen LogP contribution in [0.15, 0.2) is 24.3 Å². The van der Waals surface area contributed by atoms with Crippen molar-refractivity contribution in [3.05, 3.63) is 30.1 Å². The summed E-state index contributed by atoms with van der Waals surface area (Å²) in [6.45, 7) is 4.89. The van der Waals surface area contributed by atoms with Gasteiger partial charge in [-0.2, -0.15) is 0 Å². The van der Waals surface area contributed by atoms with Crippen molar-refractivity contribution in [1.82, 2.24) is 14.9 Å². The highest BCUT2D eigenvalue weighted by atomic mass is 35.5. The lowest BCUT2D eigenvalue weighted by atomic mass is 9.92. The fourth-order valence-electron chi connectivity index (χ4n) is 3.33. The van der Waals surface area contributed by atoms with Crippen molar-refractivity contribution in [2.75, 3.05) is 19.8 Å². The van der Waals surface area contributed by atoms with Crippen LogP contribution in [0.25, 0.3) is 11.0 Å². The lowest BCUT2D eigenvalue weighted by Crippen LogP contribution is -2.47. The molecule has 0 saturated carbocycles. The molecule has 0 spiro atoms. The third kappa shape index (κ3) is 5.33. The van der Waals surface area contributed by atoms with Gasteiger partial charge in [-0.1, -0.05) is 12.1 Å². The van der Waals surface area contributed by atoms with Gasteiger partial charge in [-0.25, -0.2) is 4.98 Å². The number of carbonyl (C=O) groups is 1. The molecule has 1 aliphatic heterocycles. The Labute approximate surface area is 166 Å². The van der Waals surface area contributed by atoms with Crippen molar-refractivity contribution in [3.63, 3.8) is 0 Å². The van der Waals surface area contributed by atoms with Gasteiger partial charge >= 0.3 is 0 Å². The van der Waals surface area contributed by atoms with E-state index in [1.165, 1.54) is 0 Å². The number of amides is 1. The number of nitrogens with one attached hydrogen (secondary N) is 1. The minimum absolute atomic E-state index is 0. The van der Waals surface area contributed by atoms with Gasteiger partial charge in [0.2, 0.25) is 5.91 Å². The van der Waals surface area contributed by atoms with Gasteiger partial charge in [-0.05, 0) is 44.2 Å². The summed E-state index contributed by atoms with van der Waals surface area (Å²) in [6.07, 6.45) is 2.59. The van der Waals surface area contributed by atoms with Crippen LogP contribution in [0.5, 0.6) is 0 Å². The van der Waals surface area contributed by atoms with Crippen molar-refractivity contribution in [2.24, 2.45) is 11.7 Å². The van der Waals surface area contributed by atoms with Gasteiger partial charge in [0.15, 0.2) is 0 Å². The van der Waals surface area contributed by atoms with Gasteiger partial charge in [0.25, 0.3) is 0 Å². The van der Waals surface area contributed by atoms with Gasteiger partial charge in [0.1, 0.15) is 5.82 Å². The number of aromatic nitrogens is 2. The number of rotatable bonds is 6. The van der Waals surface area contributed by atoms with Gasteiger partial charge in [-0.3, -0.25) is 4.79 Å². The molecule has 8 heteroatoms. The summed E-state index contributed by atoms with van der Waals surface area (Å²) >= 11 is 0. The molecule has 146 valence electrons. The lowest BCUT2D eigenvalue weighted by molar-refractivity contribution is -0.124. The molecule has 1 unspecified atom stereocenters. The van der Waals surface area contributed by atoms with Crippen LogP contribution in [0.2, 0.25) is 0 Å². The zero-order valence-corrected chi connectivity index (χ0v) is 16.7. The van der Waals surface area contributed by atoms with Gasteiger partial charge in [-0.15, -0.1) is 24.8 Å². The van der Waals surface area contributed by atoms with E-state index in [1.807, 2.05) is 25.1 Å². The Balaban J connectivity index is 0.00000169. The Hall–Kier alpha value is -1.34. The molecule has 2 aromatic rings. The first-order valence-electron chi connectivity index (χ1n) is 8.69. The van der Waals surface area contributed by atoms with E-state index in [-0.39, 0.29) is 36.6 Å². The van der Waals surface area contributed by atoms with E-state index in [0.29, 0.717) is 19.8 Å². The van der Waals surface area contributed by atoms with Crippen LogP contribution >= 0.6 is 24.8 Å². The molecule has 0 radical (unpaired) electrons. The van der Waals surface area contributed by atoms with Crippen LogP contribution < -0.4 is 11.1 Å². The molecule has 3 N–H and O–H groups in total. The molecule has 0 aliphatic carbocycles. The largest absolute Gasteiger partial charge is 0.381 e. The number of carbonyl (C=O) groups excluding carboxylic acids is 1. The molecule has 1 aromatic heterocycles. The van der Waals surface area contributed by atoms with Crippen molar-refractivity contribution in [1.29, 1.82) is 0 Å². The summed E-state index contributed by atoms with van der Waals surface area (Å²) in [5.74, 6) is 1.19. The molecule has 1 saturated heterocycles. The van der Waals surface area contributed by atoms with Gasteiger partial charge in [0.05, 0.1) is 17.1 Å². The van der Waals surface area contributed by atoms with Crippen LogP contribution in [0.4, 0.5) is 0 Å². The number of aryl methyl sites for hydroxylation is 2. The van der Waals surface area contributed by atoms with E-state index >= 15 is 0 Å². The van der Waals surface area contributed by atoms with Crippen LogP contribution in [0, 0.1) is 12.8 Å². The molecule has 1 atom stereocenters. The predicted molar refractivity (Wildman–Crippen MR) is 108 cm³/mol. The van der Waals surface area contributed by atoms with Crippen molar-refractivity contribution < 1.29 is 9.53 Å². The van der Waals surface area contributed by atoms with E-state index in [1.54, 1.807) is 0 Å². The Bertz CT molecular complexity index is 702. The van der Waals surface area contributed by atoms with E-state index in [0.717, 1.165) is 42.7 Å². The smallest absolute Gasteiger partial charge is 0.237 e. The predicted octanol–water partition coefficient (Wildman–Crippen LogP) is 2.45. The molecule has 1 aliphatic rings. The maximum absolute atomic E-state index is 12.2. The molecule has 6 nitrogen and oxygen atoms in total. The number of hydrogen-bond acceptors (Lipinski definition) is 4. The number of nitrogens with zero attached hydrogens (tertiary/aromatic N) is 2. The second-order valence-corrected chi connectivity index (χ2v) is 6.42. The van der Waals surface area contributed by atoms with Gasteiger partial charge in [0, 0.05) is 26.3 Å². The quantitative estimate of drug-likeness (QED) is 0.726. The summed E-state index contributed by atoms with van der Waals surface area (Å²) in [5, 5.41) is 2.97. The fraction of sp³-hybridized carbons (Fsp3) is 0.556. The van der Waals surface area contributed by atoms with Crippen LogP contribution in [-0.4, -0.2) is 41.3 Å². The maximum Gasteiger partial charge on any atom is 0.237 e. The third-order valence-corrected chi connectivity index (χ3v) is 4.78. The minimum Gasteiger partial charge on any atom is -0.381 e. The first-order valence-corrected chi connectivity index (χ1v) is 8.69. The van der Waals surface area contributed by atoms with Gasteiger partial charge < -0.3 is 20.4 Å². The second kappa shape index (κ2) is 10.7. The SMILES string of the molecule is Cc1nc2ccccc2n1CCCNC(=O)C(N)C1CCOCC1.Cl.Cl. The molecular weight excluding hydrogens is 375 g/mol. The molecule has 3 rings (SSSR count). The molecule has 2 heterocycles. The van der Waals surface area contributed by atoms with E-state index < -0.39 is 6.04 Å². The number of nitrogens with two attached hydrogens (primary N) is 1. The minimum atomic E-state index is -0.426. The number of imidazole rings is 1. The molecule has 1 amide bonds. The van der Waals surface area contributed by atoms with Crippen LogP contribution in [0.1, 0.15) is 25.1 Å². The molecular formula is C18H28Cl2N4O2. The topological polar surface area (TPSA) is 82.2 Å². The summed E-state index contributed by atoms with van der Waals surface area (Å²) in [7, 11) is 0. The zero-order valence-electron chi connectivity index (χ0n) is 15.0. The number of para-hydroxylation sites is 2. The van der Waals surface area contributed by atoms with E-state index in [2.05, 4.69) is 20.9 Å². The third-order valence-electron chi connectivity index (χ3n) is 4.78. The molecule has 1 aromatic carbocycles. The second-order valence-electron chi connectivity index (χ2n) is 6.42. The standard InChI is InChI=1S/C18H26N4O2.2ClH/c1-13-21-15-5-2-3-6-16(15)22(13)10-4-9-20-18(23)17(19)14-7-11-24-12-8-14;;/h2-3,5-6,14,17H,4,7-12,19H2,1H3,(H,20,23);2*1H. The number of benzene rings is 1. The lowest BCUT2D eigenvalue weighted by Gasteiger charge is -2.26. The molecule has 26 heavy (non-hydrogen) atoms. The Morgan fingerprint density at radius 3 is 2.77 bits per heavy atom. The summed E-state index contributed by atoms with van der Waals surface area (Å²) in [5.41, 5.74) is 8.24. The van der Waals surface area contributed by atoms with Crippen molar-refractivity contribution >= 4 is 41.8 Å². The molecule has 1 fully saturated rings. The average molecular weight is 403 g/mol. The maximum atomic E-state index is 12.2. The van der Waals surface area contributed by atoms with E-state index in [4.69, 9.17) is 10.5 Å². The van der Waals surface area contributed by atoms with Crippen molar-refractivity contribution in [3.8, 4) is 0 Å². The van der Waals surface area contributed by atoms with Crippen LogP contribution in [-0.2, 0) is 16.1 Å². The number of fused-ring (bicyclic) bond motifs is 1. The van der Waals surface area contributed by atoms with E-state index in [9.17, 15) is 4.79 Å². The summed E-state index contributed by atoms with van der Waals surface area (Å²) in [6, 6.07) is 7.69.